The molecule has 2 heterocycles. The highest BCUT2D eigenvalue weighted by molar-refractivity contribution is 5.98. The predicted molar refractivity (Wildman–Crippen MR) is 119 cm³/mol. The van der Waals surface area contributed by atoms with Gasteiger partial charge in [0.15, 0.2) is 17.3 Å². The normalized spacial score (nSPS) is 16.6. The molecule has 2 aliphatic rings. The Bertz CT molecular complexity index is 892. The number of benzene rings is 2. The molecular formula is C25H30N2O4. The summed E-state index contributed by atoms with van der Waals surface area (Å²) in [6.07, 6.45) is 3.44. The van der Waals surface area contributed by atoms with Crippen LogP contribution in [-0.4, -0.2) is 56.0 Å². The van der Waals surface area contributed by atoms with Crippen LogP contribution in [0.15, 0.2) is 48.5 Å². The highest BCUT2D eigenvalue weighted by Crippen LogP contribution is 2.32. The van der Waals surface area contributed by atoms with Crippen LogP contribution < -0.4 is 14.8 Å². The van der Waals surface area contributed by atoms with Gasteiger partial charge in [-0.2, -0.15) is 0 Å². The zero-order valence-electron chi connectivity index (χ0n) is 17.8. The number of fused-ring (bicyclic) bond motifs is 1. The van der Waals surface area contributed by atoms with E-state index in [0.717, 1.165) is 38.8 Å². The average Bonchev–Trinajstić information content (AvgIpc) is 2.82. The maximum atomic E-state index is 12.9. The number of carbonyl (C=O) groups excluding carboxylic acids is 2. The van der Waals surface area contributed by atoms with Crippen LogP contribution in [0.1, 0.15) is 35.2 Å². The van der Waals surface area contributed by atoms with E-state index >= 15 is 0 Å². The minimum atomic E-state index is -0.00672. The van der Waals surface area contributed by atoms with Crippen LogP contribution in [0.2, 0.25) is 0 Å². The van der Waals surface area contributed by atoms with Crippen LogP contribution in [0, 0.1) is 5.92 Å². The van der Waals surface area contributed by atoms with Crippen LogP contribution in [-0.2, 0) is 11.2 Å². The third-order valence-corrected chi connectivity index (χ3v) is 5.96. The number of nitrogens with one attached hydrogen (secondary N) is 1. The summed E-state index contributed by atoms with van der Waals surface area (Å²) in [6, 6.07) is 15.7. The summed E-state index contributed by atoms with van der Waals surface area (Å²) in [7, 11) is 0. The number of carbonyl (C=O) groups is 2. The fourth-order valence-corrected chi connectivity index (χ4v) is 4.21. The van der Waals surface area contributed by atoms with Crippen LogP contribution in [0.4, 0.5) is 0 Å². The largest absolute Gasteiger partial charge is 0.486 e. The number of hydrogen-bond donors (Lipinski definition) is 1. The van der Waals surface area contributed by atoms with Gasteiger partial charge in [-0.25, -0.2) is 0 Å². The molecule has 0 aliphatic carbocycles. The molecule has 0 radical (unpaired) electrons. The monoisotopic (exact) mass is 422 g/mol. The van der Waals surface area contributed by atoms with Gasteiger partial charge in [0.25, 0.3) is 0 Å². The molecule has 0 saturated carbocycles. The molecule has 0 bridgehead atoms. The van der Waals surface area contributed by atoms with E-state index in [4.69, 9.17) is 9.47 Å². The molecule has 0 spiro atoms. The molecule has 0 aromatic heterocycles. The molecule has 2 aromatic rings. The van der Waals surface area contributed by atoms with Crippen molar-refractivity contribution in [3.63, 3.8) is 0 Å². The van der Waals surface area contributed by atoms with Crippen molar-refractivity contribution in [2.45, 2.75) is 25.7 Å². The standard InChI is InChI=1S/C25H30N2O4/c28-24(26-12-4-7-19-5-2-1-3-6-19)18-27-13-10-20(11-14-27)25(29)21-8-9-22-23(17-21)31-16-15-30-22/h1-3,5-6,8-9,17,20H,4,7,10-16,18H2,(H,26,28). The second-order valence-corrected chi connectivity index (χ2v) is 8.21. The lowest BCUT2D eigenvalue weighted by atomic mass is 9.88. The molecule has 31 heavy (non-hydrogen) atoms. The summed E-state index contributed by atoms with van der Waals surface area (Å²) in [5, 5.41) is 3.02. The molecular weight excluding hydrogens is 392 g/mol. The van der Waals surface area contributed by atoms with Crippen molar-refractivity contribution in [1.82, 2.24) is 10.2 Å². The van der Waals surface area contributed by atoms with E-state index in [-0.39, 0.29) is 17.6 Å². The zero-order chi connectivity index (χ0) is 21.5. The molecule has 6 nitrogen and oxygen atoms in total. The van der Waals surface area contributed by atoms with Gasteiger partial charge in [0.05, 0.1) is 6.54 Å². The quantitative estimate of drug-likeness (QED) is 0.523. The topological polar surface area (TPSA) is 67.9 Å². The van der Waals surface area contributed by atoms with Gasteiger partial charge >= 0.3 is 0 Å². The lowest BCUT2D eigenvalue weighted by Gasteiger charge is -2.30. The predicted octanol–water partition coefficient (Wildman–Crippen LogP) is 3.10. The van der Waals surface area contributed by atoms with Crippen molar-refractivity contribution in [2.24, 2.45) is 5.92 Å². The Balaban J connectivity index is 1.17. The molecule has 1 saturated heterocycles. The molecule has 0 atom stereocenters. The highest BCUT2D eigenvalue weighted by atomic mass is 16.6. The number of piperidine rings is 1. The van der Waals surface area contributed by atoms with Crippen LogP contribution in [0.3, 0.4) is 0 Å². The van der Waals surface area contributed by atoms with E-state index < -0.39 is 0 Å². The summed E-state index contributed by atoms with van der Waals surface area (Å²) in [5.74, 6) is 1.56. The number of Topliss-reactive ketones (excluding diaryl/α,β-unsaturated/α-hetero) is 1. The van der Waals surface area contributed by atoms with Crippen molar-refractivity contribution in [3.8, 4) is 11.5 Å². The molecule has 4 rings (SSSR count). The molecule has 164 valence electrons. The summed E-state index contributed by atoms with van der Waals surface area (Å²) < 4.78 is 11.1. The highest BCUT2D eigenvalue weighted by Gasteiger charge is 2.27. The summed E-state index contributed by atoms with van der Waals surface area (Å²) in [4.78, 5) is 27.3. The molecule has 1 N–H and O–H groups in total. The first-order valence-electron chi connectivity index (χ1n) is 11.2. The minimum Gasteiger partial charge on any atom is -0.486 e. The molecule has 2 aromatic carbocycles. The summed E-state index contributed by atoms with van der Waals surface area (Å²) in [6.45, 7) is 3.66. The van der Waals surface area contributed by atoms with Crippen molar-refractivity contribution >= 4 is 11.7 Å². The maximum Gasteiger partial charge on any atom is 0.234 e. The van der Waals surface area contributed by atoms with Crippen molar-refractivity contribution in [3.05, 3.63) is 59.7 Å². The Morgan fingerprint density at radius 2 is 1.71 bits per heavy atom. The number of nitrogens with zero attached hydrogens (tertiary/aromatic N) is 1. The Hall–Kier alpha value is -2.86. The summed E-state index contributed by atoms with van der Waals surface area (Å²) in [5.41, 5.74) is 1.97. The first kappa shape index (κ1) is 21.4. The van der Waals surface area contributed by atoms with Gasteiger partial charge in [0.1, 0.15) is 13.2 Å². The molecule has 2 aliphatic heterocycles. The third-order valence-electron chi connectivity index (χ3n) is 5.96. The Labute approximate surface area is 183 Å². The Kier molecular flexibility index (Phi) is 7.20. The van der Waals surface area contributed by atoms with Crippen LogP contribution in [0.5, 0.6) is 11.5 Å². The van der Waals surface area contributed by atoms with Gasteiger partial charge in [0.2, 0.25) is 5.91 Å². The van der Waals surface area contributed by atoms with E-state index in [0.29, 0.717) is 43.4 Å². The Morgan fingerprint density at radius 3 is 2.48 bits per heavy atom. The third kappa shape index (κ3) is 5.85. The number of rotatable bonds is 8. The van der Waals surface area contributed by atoms with Gasteiger partial charge < -0.3 is 14.8 Å². The summed E-state index contributed by atoms with van der Waals surface area (Å²) >= 11 is 0. The molecule has 6 heteroatoms. The van der Waals surface area contributed by atoms with E-state index in [1.165, 1.54) is 5.56 Å². The van der Waals surface area contributed by atoms with Crippen molar-refractivity contribution in [2.75, 3.05) is 39.4 Å². The van der Waals surface area contributed by atoms with Crippen molar-refractivity contribution < 1.29 is 19.1 Å². The van der Waals surface area contributed by atoms with Gasteiger partial charge in [-0.3, -0.25) is 14.5 Å². The fourth-order valence-electron chi connectivity index (χ4n) is 4.21. The van der Waals surface area contributed by atoms with Gasteiger partial charge in [-0.05, 0) is 62.5 Å². The lowest BCUT2D eigenvalue weighted by Crippen LogP contribution is -2.42. The van der Waals surface area contributed by atoms with Crippen LogP contribution in [0.25, 0.3) is 0 Å². The van der Waals surface area contributed by atoms with Gasteiger partial charge in [-0.15, -0.1) is 0 Å². The SMILES string of the molecule is O=C(CN1CCC(C(=O)c2ccc3c(c2)OCCO3)CC1)NCCCc1ccccc1. The van der Waals surface area contributed by atoms with Gasteiger partial charge in [0, 0.05) is 18.0 Å². The number of ketones is 1. The van der Waals surface area contributed by atoms with E-state index in [2.05, 4.69) is 22.3 Å². The minimum absolute atomic E-state index is 0.00672. The van der Waals surface area contributed by atoms with E-state index in [9.17, 15) is 9.59 Å². The van der Waals surface area contributed by atoms with Crippen molar-refractivity contribution in [1.29, 1.82) is 0 Å². The number of ether oxygens (including phenoxy) is 2. The number of amides is 1. The zero-order valence-corrected chi connectivity index (χ0v) is 17.8. The van der Waals surface area contributed by atoms with E-state index in [1.54, 1.807) is 6.07 Å². The molecule has 0 unspecified atom stereocenters. The first-order valence-corrected chi connectivity index (χ1v) is 11.2. The molecule has 1 fully saturated rings. The number of hydrogen-bond acceptors (Lipinski definition) is 5. The first-order chi connectivity index (χ1) is 15.2. The second kappa shape index (κ2) is 10.4. The van der Waals surface area contributed by atoms with Crippen LogP contribution >= 0.6 is 0 Å². The second-order valence-electron chi connectivity index (χ2n) is 8.21. The molecule has 1 amide bonds. The van der Waals surface area contributed by atoms with Gasteiger partial charge in [-0.1, -0.05) is 30.3 Å². The lowest BCUT2D eigenvalue weighted by molar-refractivity contribution is -0.122. The van der Waals surface area contributed by atoms with E-state index in [1.807, 2.05) is 30.3 Å². The fraction of sp³-hybridized carbons (Fsp3) is 0.440. The Morgan fingerprint density at radius 1 is 0.968 bits per heavy atom. The average molecular weight is 423 g/mol. The number of likely N-dealkylation sites (tertiary alicyclic amines) is 1. The number of aryl methyl sites for hydroxylation is 1. The smallest absolute Gasteiger partial charge is 0.234 e. The maximum absolute atomic E-state index is 12.9.